The molecule has 1 aliphatic rings. The molecule has 1 amide bonds. The van der Waals surface area contributed by atoms with E-state index in [0.717, 1.165) is 5.39 Å². The Hall–Kier alpha value is -1.61. The Labute approximate surface area is 144 Å². The molecule has 6 nitrogen and oxygen atoms in total. The molecule has 1 fully saturated rings. The van der Waals surface area contributed by atoms with Gasteiger partial charge in [-0.15, -0.1) is 0 Å². The zero-order valence-corrected chi connectivity index (χ0v) is 14.1. The molecular weight excluding hydrogens is 423 g/mol. The van der Waals surface area contributed by atoms with Crippen LogP contribution in [0.3, 0.4) is 0 Å². The van der Waals surface area contributed by atoms with Crippen LogP contribution < -0.4 is 5.32 Å². The number of hydrogen-bond acceptors (Lipinski definition) is 4. The number of phenols is 1. The van der Waals surface area contributed by atoms with Gasteiger partial charge in [0, 0.05) is 18.0 Å². The van der Waals surface area contributed by atoms with Gasteiger partial charge in [-0.2, -0.15) is 0 Å². The third-order valence-corrected chi connectivity index (χ3v) is 4.20. The molecule has 0 bridgehead atoms. The number of aromatic hydroxyl groups is 1. The highest BCUT2D eigenvalue weighted by molar-refractivity contribution is 14.1. The monoisotopic (exact) mass is 434 g/mol. The summed E-state index contributed by atoms with van der Waals surface area (Å²) < 4.78 is 0.716. The predicted molar refractivity (Wildman–Crippen MR) is 89.9 cm³/mol. The summed E-state index contributed by atoms with van der Waals surface area (Å²) in [5.41, 5.74) is 0.555. The van der Waals surface area contributed by atoms with Crippen LogP contribution in [0.25, 0.3) is 10.9 Å². The van der Waals surface area contributed by atoms with Crippen molar-refractivity contribution in [3.05, 3.63) is 33.0 Å². The molecule has 3 rings (SSSR count). The van der Waals surface area contributed by atoms with Crippen LogP contribution in [0.1, 0.15) is 12.8 Å². The van der Waals surface area contributed by atoms with Gasteiger partial charge in [-0.1, -0.05) is 11.6 Å². The van der Waals surface area contributed by atoms with Crippen LogP contribution in [-0.2, 0) is 9.59 Å². The number of carbonyl (C=O) groups excluding carboxylic acids is 1. The number of carbonyl (C=O) groups is 2. The lowest BCUT2D eigenvalue weighted by molar-refractivity contribution is -0.140. The first-order valence-electron chi connectivity index (χ1n) is 6.34. The van der Waals surface area contributed by atoms with Gasteiger partial charge >= 0.3 is 5.97 Å². The second kappa shape index (κ2) is 7.10. The van der Waals surface area contributed by atoms with Crippen LogP contribution in [0.15, 0.2) is 24.4 Å². The summed E-state index contributed by atoms with van der Waals surface area (Å²) in [6, 6.07) is 4.71. The lowest BCUT2D eigenvalue weighted by Gasteiger charge is -2.03. The molecule has 2 heterocycles. The van der Waals surface area contributed by atoms with Crippen molar-refractivity contribution >= 4 is 57.0 Å². The molecule has 3 N–H and O–H groups in total. The first-order chi connectivity index (χ1) is 10.4. The topological polar surface area (TPSA) is 99.5 Å². The maximum Gasteiger partial charge on any atom is 0.326 e. The number of carboxylic acid groups (broad SMARTS) is 1. The first kappa shape index (κ1) is 16.8. The lowest BCUT2D eigenvalue weighted by Crippen LogP contribution is -2.32. The van der Waals surface area contributed by atoms with Crippen LogP contribution in [0.4, 0.5) is 0 Å². The van der Waals surface area contributed by atoms with Crippen molar-refractivity contribution in [3.8, 4) is 5.75 Å². The SMILES string of the molecule is O=C1CC[C@@H](C(=O)O)N1.Oc1c(I)cc(Cl)c2cccnc12. The molecule has 22 heavy (non-hydrogen) atoms. The summed E-state index contributed by atoms with van der Waals surface area (Å²) in [5, 5.41) is 21.7. The largest absolute Gasteiger partial charge is 0.505 e. The summed E-state index contributed by atoms with van der Waals surface area (Å²) in [5.74, 6) is -0.913. The van der Waals surface area contributed by atoms with Crippen molar-refractivity contribution < 1.29 is 19.8 Å². The van der Waals surface area contributed by atoms with E-state index < -0.39 is 12.0 Å². The number of halogens is 2. The minimum atomic E-state index is -0.944. The number of carboxylic acids is 1. The van der Waals surface area contributed by atoms with E-state index in [1.165, 1.54) is 0 Å². The zero-order chi connectivity index (χ0) is 16.3. The van der Waals surface area contributed by atoms with Crippen molar-refractivity contribution in [3.63, 3.8) is 0 Å². The number of phenolic OH excluding ortho intramolecular Hbond substituents is 1. The van der Waals surface area contributed by atoms with Gasteiger partial charge < -0.3 is 15.5 Å². The van der Waals surface area contributed by atoms with Crippen LogP contribution in [0.2, 0.25) is 5.02 Å². The standard InChI is InChI=1S/C9H5ClINO.C5H7NO3/c10-6-4-7(11)9(13)8-5(6)2-1-3-12-8;7-4-2-1-3(6-4)5(8)9/h1-4,13H;3H,1-2H2,(H,6,7)(H,8,9)/t;3-/m.0/s1. The fraction of sp³-hybridized carbons (Fsp3) is 0.214. The molecule has 1 aromatic heterocycles. The smallest absolute Gasteiger partial charge is 0.326 e. The molecule has 116 valence electrons. The number of rotatable bonds is 1. The van der Waals surface area contributed by atoms with E-state index >= 15 is 0 Å². The number of pyridine rings is 1. The van der Waals surface area contributed by atoms with Crippen molar-refractivity contribution in [1.29, 1.82) is 0 Å². The molecule has 0 spiro atoms. The van der Waals surface area contributed by atoms with Gasteiger partial charge in [0.05, 0.1) is 8.59 Å². The van der Waals surface area contributed by atoms with Gasteiger partial charge in [0.15, 0.2) is 5.75 Å². The lowest BCUT2D eigenvalue weighted by atomic mass is 10.2. The molecule has 1 saturated heterocycles. The van der Waals surface area contributed by atoms with Crippen molar-refractivity contribution in [2.75, 3.05) is 0 Å². The summed E-state index contributed by atoms with van der Waals surface area (Å²) in [6.07, 6.45) is 2.40. The van der Waals surface area contributed by atoms with E-state index in [2.05, 4.69) is 10.3 Å². The van der Waals surface area contributed by atoms with Crippen molar-refractivity contribution in [1.82, 2.24) is 10.3 Å². The molecule has 0 saturated carbocycles. The fourth-order valence-corrected chi connectivity index (χ4v) is 2.97. The quantitative estimate of drug-likeness (QED) is 0.599. The number of hydrogen-bond donors (Lipinski definition) is 3. The molecule has 1 aromatic carbocycles. The molecule has 0 aliphatic carbocycles. The van der Waals surface area contributed by atoms with Gasteiger partial charge in [-0.25, -0.2) is 4.79 Å². The molecule has 8 heteroatoms. The van der Waals surface area contributed by atoms with Gasteiger partial charge in [0.1, 0.15) is 11.6 Å². The number of aromatic nitrogens is 1. The van der Waals surface area contributed by atoms with E-state index in [9.17, 15) is 14.7 Å². The van der Waals surface area contributed by atoms with E-state index in [1.54, 1.807) is 18.3 Å². The first-order valence-corrected chi connectivity index (χ1v) is 7.79. The van der Waals surface area contributed by atoms with Crippen molar-refractivity contribution in [2.45, 2.75) is 18.9 Å². The Bertz CT molecular complexity index is 738. The highest BCUT2D eigenvalue weighted by Gasteiger charge is 2.26. The number of nitrogens with one attached hydrogen (secondary N) is 1. The fourth-order valence-electron chi connectivity index (χ4n) is 1.96. The zero-order valence-electron chi connectivity index (χ0n) is 11.2. The highest BCUT2D eigenvalue weighted by Crippen LogP contribution is 2.33. The summed E-state index contributed by atoms with van der Waals surface area (Å²) >= 11 is 8.00. The molecular formula is C14H12ClIN2O4. The van der Waals surface area contributed by atoms with E-state index in [-0.39, 0.29) is 11.7 Å². The average Bonchev–Trinajstić information content (AvgIpc) is 2.93. The summed E-state index contributed by atoms with van der Waals surface area (Å²) in [4.78, 5) is 24.6. The number of nitrogens with zero attached hydrogens (tertiary/aromatic N) is 1. The maximum atomic E-state index is 10.4. The van der Waals surface area contributed by atoms with Gasteiger partial charge in [-0.05, 0) is 47.2 Å². The summed E-state index contributed by atoms with van der Waals surface area (Å²) in [7, 11) is 0. The minimum Gasteiger partial charge on any atom is -0.505 e. The highest BCUT2D eigenvalue weighted by atomic mass is 127. The van der Waals surface area contributed by atoms with E-state index in [0.29, 0.717) is 27.0 Å². The molecule has 0 radical (unpaired) electrons. The second-order valence-electron chi connectivity index (χ2n) is 4.59. The number of aliphatic carboxylic acids is 1. The number of fused-ring (bicyclic) bond motifs is 1. The summed E-state index contributed by atoms with van der Waals surface area (Å²) in [6.45, 7) is 0. The van der Waals surface area contributed by atoms with Gasteiger partial charge in [0.25, 0.3) is 0 Å². The molecule has 2 aromatic rings. The van der Waals surface area contributed by atoms with Crippen LogP contribution in [-0.4, -0.2) is 33.1 Å². The predicted octanol–water partition coefficient (Wildman–Crippen LogP) is 2.55. The molecule has 1 aliphatic heterocycles. The van der Waals surface area contributed by atoms with Crippen molar-refractivity contribution in [2.24, 2.45) is 0 Å². The third kappa shape index (κ3) is 3.77. The third-order valence-electron chi connectivity index (χ3n) is 3.06. The molecule has 1 atom stereocenters. The van der Waals surface area contributed by atoms with Crippen LogP contribution in [0.5, 0.6) is 5.75 Å². The Balaban J connectivity index is 0.000000172. The van der Waals surface area contributed by atoms with Crippen LogP contribution >= 0.6 is 34.2 Å². The van der Waals surface area contributed by atoms with E-state index in [1.807, 2.05) is 28.7 Å². The Morgan fingerprint density at radius 3 is 2.77 bits per heavy atom. The normalized spacial score (nSPS) is 16.8. The van der Waals surface area contributed by atoms with Gasteiger partial charge in [0.2, 0.25) is 5.91 Å². The number of benzene rings is 1. The van der Waals surface area contributed by atoms with E-state index in [4.69, 9.17) is 16.7 Å². The maximum absolute atomic E-state index is 10.4. The second-order valence-corrected chi connectivity index (χ2v) is 6.15. The Kier molecular flexibility index (Phi) is 5.41. The minimum absolute atomic E-state index is 0.164. The van der Waals surface area contributed by atoms with Gasteiger partial charge in [-0.3, -0.25) is 9.78 Å². The molecule has 0 unspecified atom stereocenters. The number of amides is 1. The van der Waals surface area contributed by atoms with Crippen LogP contribution in [0, 0.1) is 3.57 Å². The Morgan fingerprint density at radius 2 is 2.23 bits per heavy atom. The Morgan fingerprint density at radius 1 is 1.50 bits per heavy atom. The average molecular weight is 435 g/mol.